The summed E-state index contributed by atoms with van der Waals surface area (Å²) in [5.74, 6) is -1.44. The van der Waals surface area contributed by atoms with Crippen LogP contribution in [0, 0.1) is 5.82 Å². The molecule has 0 aliphatic heterocycles. The number of aromatic nitrogens is 2. The zero-order valence-electron chi connectivity index (χ0n) is 16.3. The molecule has 29 heavy (non-hydrogen) atoms. The lowest BCUT2D eigenvalue weighted by molar-refractivity contribution is -0.157. The van der Waals surface area contributed by atoms with Crippen LogP contribution < -0.4 is 5.32 Å². The Morgan fingerprint density at radius 1 is 1.21 bits per heavy atom. The van der Waals surface area contributed by atoms with Crippen molar-refractivity contribution in [3.05, 3.63) is 64.7 Å². The van der Waals surface area contributed by atoms with Gasteiger partial charge in [-0.1, -0.05) is 23.7 Å². The fourth-order valence-corrected chi connectivity index (χ4v) is 2.91. The molecule has 0 bridgehead atoms. The van der Waals surface area contributed by atoms with E-state index in [1.54, 1.807) is 51.1 Å². The molecule has 0 saturated carbocycles. The van der Waals surface area contributed by atoms with Crippen LogP contribution in [-0.2, 0) is 16.0 Å². The number of H-pyrrole nitrogens is 1. The second kappa shape index (κ2) is 8.21. The Morgan fingerprint density at radius 3 is 2.55 bits per heavy atom. The molecule has 8 heteroatoms. The first-order valence-electron chi connectivity index (χ1n) is 9.04. The van der Waals surface area contributed by atoms with Gasteiger partial charge in [0.1, 0.15) is 34.0 Å². The van der Waals surface area contributed by atoms with Crippen molar-refractivity contribution in [2.24, 2.45) is 0 Å². The third-order valence-corrected chi connectivity index (χ3v) is 4.25. The standard InChI is InChI=1S/C21H21ClFN3O3/c1-21(2,3)29-20(28)16(10-12-4-7-14(23)8-5-12)25-19(27)15-11-13-6-9-17(22)26-18(13)24-15/h4-9,11,16H,10H2,1-3H3,(H,24,26)(H,25,27)/t16-/m0/s1. The van der Waals surface area contributed by atoms with Crippen molar-refractivity contribution in [1.29, 1.82) is 0 Å². The lowest BCUT2D eigenvalue weighted by Gasteiger charge is -2.24. The highest BCUT2D eigenvalue weighted by Gasteiger charge is 2.28. The predicted molar refractivity (Wildman–Crippen MR) is 108 cm³/mol. The largest absolute Gasteiger partial charge is 0.458 e. The van der Waals surface area contributed by atoms with Gasteiger partial charge in [-0.05, 0) is 56.7 Å². The van der Waals surface area contributed by atoms with Crippen LogP contribution in [0.2, 0.25) is 5.15 Å². The lowest BCUT2D eigenvalue weighted by Crippen LogP contribution is -2.45. The van der Waals surface area contributed by atoms with E-state index >= 15 is 0 Å². The number of rotatable bonds is 5. The number of carbonyl (C=O) groups excluding carboxylic acids is 2. The van der Waals surface area contributed by atoms with Gasteiger partial charge in [-0.3, -0.25) is 4.79 Å². The predicted octanol–water partition coefficient (Wildman–Crippen LogP) is 4.04. The maximum absolute atomic E-state index is 13.2. The van der Waals surface area contributed by atoms with Gasteiger partial charge in [0.15, 0.2) is 0 Å². The number of nitrogens with one attached hydrogen (secondary N) is 2. The summed E-state index contributed by atoms with van der Waals surface area (Å²) in [5.41, 5.74) is 0.676. The van der Waals surface area contributed by atoms with E-state index in [0.29, 0.717) is 21.7 Å². The van der Waals surface area contributed by atoms with Gasteiger partial charge in [0, 0.05) is 11.8 Å². The smallest absolute Gasteiger partial charge is 0.329 e. The number of hydrogen-bond donors (Lipinski definition) is 2. The summed E-state index contributed by atoms with van der Waals surface area (Å²) in [6.07, 6.45) is 0.158. The van der Waals surface area contributed by atoms with Crippen LogP contribution in [-0.4, -0.2) is 33.5 Å². The van der Waals surface area contributed by atoms with Gasteiger partial charge in [0.25, 0.3) is 5.91 Å². The van der Waals surface area contributed by atoms with E-state index in [4.69, 9.17) is 16.3 Å². The second-order valence-corrected chi connectivity index (χ2v) is 8.03. The van der Waals surface area contributed by atoms with Crippen molar-refractivity contribution < 1.29 is 18.7 Å². The van der Waals surface area contributed by atoms with Crippen molar-refractivity contribution in [2.45, 2.75) is 38.8 Å². The van der Waals surface area contributed by atoms with Crippen LogP contribution in [0.5, 0.6) is 0 Å². The van der Waals surface area contributed by atoms with E-state index in [0.717, 1.165) is 0 Å². The molecule has 0 unspecified atom stereocenters. The van der Waals surface area contributed by atoms with E-state index in [-0.39, 0.29) is 17.9 Å². The SMILES string of the molecule is CC(C)(C)OC(=O)[C@H](Cc1ccc(F)cc1)NC(=O)c1cc2ccc(Cl)nc2[nH]1. The molecule has 3 aromatic rings. The first-order valence-corrected chi connectivity index (χ1v) is 9.42. The third kappa shape index (κ3) is 5.54. The molecule has 6 nitrogen and oxygen atoms in total. The molecule has 1 aromatic carbocycles. The molecule has 0 saturated heterocycles. The number of aromatic amines is 1. The fraction of sp³-hybridized carbons (Fsp3) is 0.286. The topological polar surface area (TPSA) is 84.1 Å². The molecule has 1 amide bonds. The number of fused-ring (bicyclic) bond motifs is 1. The van der Waals surface area contributed by atoms with E-state index in [2.05, 4.69) is 15.3 Å². The zero-order valence-corrected chi connectivity index (χ0v) is 17.0. The Hall–Kier alpha value is -2.93. The molecule has 0 aliphatic rings. The number of ether oxygens (including phenoxy) is 1. The van der Waals surface area contributed by atoms with Crippen LogP contribution in [0.4, 0.5) is 4.39 Å². The van der Waals surface area contributed by atoms with Crippen molar-refractivity contribution in [3.8, 4) is 0 Å². The molecule has 3 rings (SSSR count). The minimum Gasteiger partial charge on any atom is -0.458 e. The Balaban J connectivity index is 1.82. The van der Waals surface area contributed by atoms with Crippen molar-refractivity contribution in [1.82, 2.24) is 15.3 Å². The van der Waals surface area contributed by atoms with Gasteiger partial charge in [-0.2, -0.15) is 0 Å². The molecular formula is C21H21ClFN3O3. The summed E-state index contributed by atoms with van der Waals surface area (Å²) < 4.78 is 18.6. The minimum atomic E-state index is -0.949. The number of esters is 1. The Kier molecular flexibility index (Phi) is 5.88. The first-order chi connectivity index (χ1) is 13.6. The normalized spacial score (nSPS) is 12.6. The number of amides is 1. The molecule has 0 radical (unpaired) electrons. The van der Waals surface area contributed by atoms with Crippen LogP contribution >= 0.6 is 11.6 Å². The fourth-order valence-electron chi connectivity index (χ4n) is 2.76. The monoisotopic (exact) mass is 417 g/mol. The first kappa shape index (κ1) is 20.8. The molecule has 2 heterocycles. The highest BCUT2D eigenvalue weighted by molar-refractivity contribution is 6.29. The van der Waals surface area contributed by atoms with E-state index in [1.807, 2.05) is 0 Å². The number of hydrogen-bond acceptors (Lipinski definition) is 4. The van der Waals surface area contributed by atoms with Crippen LogP contribution in [0.3, 0.4) is 0 Å². The van der Waals surface area contributed by atoms with Crippen LogP contribution in [0.15, 0.2) is 42.5 Å². The van der Waals surface area contributed by atoms with Crippen LogP contribution in [0.25, 0.3) is 11.0 Å². The van der Waals surface area contributed by atoms with E-state index in [1.165, 1.54) is 12.1 Å². The van der Waals surface area contributed by atoms with Gasteiger partial charge in [0.2, 0.25) is 0 Å². The summed E-state index contributed by atoms with van der Waals surface area (Å²) in [7, 11) is 0. The molecule has 2 N–H and O–H groups in total. The maximum Gasteiger partial charge on any atom is 0.329 e. The molecule has 0 aliphatic carbocycles. The average molecular weight is 418 g/mol. The average Bonchev–Trinajstić information content (AvgIpc) is 3.04. The summed E-state index contributed by atoms with van der Waals surface area (Å²) in [6, 6.07) is 9.76. The van der Waals surface area contributed by atoms with E-state index in [9.17, 15) is 14.0 Å². The molecule has 0 fully saturated rings. The number of pyridine rings is 1. The second-order valence-electron chi connectivity index (χ2n) is 7.64. The summed E-state index contributed by atoms with van der Waals surface area (Å²) in [4.78, 5) is 32.4. The third-order valence-electron chi connectivity index (χ3n) is 4.04. The summed E-state index contributed by atoms with van der Waals surface area (Å²) >= 11 is 5.88. The quantitative estimate of drug-likeness (QED) is 0.484. The lowest BCUT2D eigenvalue weighted by atomic mass is 10.1. The van der Waals surface area contributed by atoms with Gasteiger partial charge in [-0.25, -0.2) is 14.2 Å². The van der Waals surface area contributed by atoms with Crippen molar-refractivity contribution in [3.63, 3.8) is 0 Å². The number of carbonyl (C=O) groups is 2. The highest BCUT2D eigenvalue weighted by atomic mass is 35.5. The maximum atomic E-state index is 13.2. The number of nitrogens with zero attached hydrogens (tertiary/aromatic N) is 1. The summed E-state index contributed by atoms with van der Waals surface area (Å²) in [5, 5.41) is 3.71. The molecular weight excluding hydrogens is 397 g/mol. The Bertz CT molecular complexity index is 1040. The van der Waals surface area contributed by atoms with Crippen molar-refractivity contribution >= 4 is 34.5 Å². The molecule has 0 spiro atoms. The Labute approximate surface area is 172 Å². The van der Waals surface area contributed by atoms with Crippen molar-refractivity contribution in [2.75, 3.05) is 0 Å². The molecule has 2 aromatic heterocycles. The number of halogens is 2. The van der Waals surface area contributed by atoms with E-state index < -0.39 is 23.5 Å². The minimum absolute atomic E-state index is 0.158. The number of benzene rings is 1. The van der Waals surface area contributed by atoms with Gasteiger partial charge >= 0.3 is 5.97 Å². The van der Waals surface area contributed by atoms with Crippen LogP contribution in [0.1, 0.15) is 36.8 Å². The molecule has 1 atom stereocenters. The highest BCUT2D eigenvalue weighted by Crippen LogP contribution is 2.17. The van der Waals surface area contributed by atoms with Gasteiger partial charge in [0.05, 0.1) is 0 Å². The van der Waals surface area contributed by atoms with Gasteiger partial charge in [-0.15, -0.1) is 0 Å². The van der Waals surface area contributed by atoms with Gasteiger partial charge < -0.3 is 15.0 Å². The molecule has 152 valence electrons. The Morgan fingerprint density at radius 2 is 1.90 bits per heavy atom. The zero-order chi connectivity index (χ0) is 21.2. The summed E-state index contributed by atoms with van der Waals surface area (Å²) in [6.45, 7) is 5.23.